The fraction of sp³-hybridized carbons (Fsp3) is 0.355. The van der Waals surface area contributed by atoms with Crippen LogP contribution in [0.3, 0.4) is 0 Å². The summed E-state index contributed by atoms with van der Waals surface area (Å²) in [4.78, 5) is 13.2. The summed E-state index contributed by atoms with van der Waals surface area (Å²) in [7, 11) is 0. The van der Waals surface area contributed by atoms with Crippen LogP contribution >= 0.6 is 0 Å². The monoisotopic (exact) mass is 495 g/mol. The summed E-state index contributed by atoms with van der Waals surface area (Å²) in [6.45, 7) is 11.1. The van der Waals surface area contributed by atoms with Gasteiger partial charge in [0.15, 0.2) is 0 Å². The quantitative estimate of drug-likeness (QED) is 0.244. The summed E-state index contributed by atoms with van der Waals surface area (Å²) in [5, 5.41) is 17.9. The maximum atomic E-state index is 13.2. The van der Waals surface area contributed by atoms with E-state index in [0.717, 1.165) is 40.8 Å². The van der Waals surface area contributed by atoms with Gasteiger partial charge in [0, 0.05) is 11.3 Å². The number of carbonyl (C=O) groups excluding carboxylic acids is 1. The van der Waals surface area contributed by atoms with E-state index >= 15 is 0 Å². The van der Waals surface area contributed by atoms with Gasteiger partial charge in [-0.3, -0.25) is 4.79 Å². The zero-order valence-electron chi connectivity index (χ0n) is 22.5. The number of tetrazole rings is 1. The minimum absolute atomic E-state index is 0.0125. The van der Waals surface area contributed by atoms with E-state index in [1.54, 1.807) is 0 Å². The Morgan fingerprint density at radius 2 is 1.57 bits per heavy atom. The van der Waals surface area contributed by atoms with Gasteiger partial charge in [0.05, 0.1) is 6.42 Å². The number of aromatic nitrogens is 4. The number of nitrogens with zero attached hydrogens (tertiary/aromatic N) is 3. The number of hydrogen-bond donors (Lipinski definition) is 2. The number of carbonyl (C=O) groups is 1. The van der Waals surface area contributed by atoms with Crippen LogP contribution in [0.25, 0.3) is 22.5 Å². The van der Waals surface area contributed by atoms with E-state index in [2.05, 4.69) is 84.8 Å². The third-order valence-corrected chi connectivity index (χ3v) is 6.59. The predicted molar refractivity (Wildman–Crippen MR) is 150 cm³/mol. The summed E-state index contributed by atoms with van der Waals surface area (Å²) in [6.07, 6.45) is 2.47. The molecule has 2 N–H and O–H groups in total. The minimum Gasteiger partial charge on any atom is -0.326 e. The molecular formula is C31H37N5O. The molecule has 0 bridgehead atoms. The Balaban J connectivity index is 1.74. The highest BCUT2D eigenvalue weighted by atomic mass is 16.1. The molecule has 4 rings (SSSR count). The zero-order chi connectivity index (χ0) is 26.4. The molecule has 0 aliphatic rings. The fourth-order valence-corrected chi connectivity index (χ4v) is 4.97. The Morgan fingerprint density at radius 1 is 0.892 bits per heavy atom. The first kappa shape index (κ1) is 26.3. The molecule has 0 saturated heterocycles. The summed E-state index contributed by atoms with van der Waals surface area (Å²) in [6, 6.07) is 22.6. The van der Waals surface area contributed by atoms with Crippen LogP contribution < -0.4 is 5.32 Å². The van der Waals surface area contributed by atoms with Gasteiger partial charge in [-0.1, -0.05) is 93.9 Å². The molecule has 1 amide bonds. The number of benzene rings is 3. The third-order valence-electron chi connectivity index (χ3n) is 6.59. The largest absolute Gasteiger partial charge is 0.326 e. The van der Waals surface area contributed by atoms with Crippen molar-refractivity contribution in [1.29, 1.82) is 0 Å². The lowest BCUT2D eigenvalue weighted by molar-refractivity contribution is -0.115. The SMILES string of the molecule is Cc1ccc(CC(=O)Nc2cc(-c3ccccc3-c3nn[nH]n3)ccc2C(CC(C)C)CC(C)C)cc1. The molecule has 3 aromatic carbocycles. The predicted octanol–water partition coefficient (Wildman–Crippen LogP) is 7.20. The van der Waals surface area contributed by atoms with Crippen LogP contribution in [0, 0.1) is 18.8 Å². The topological polar surface area (TPSA) is 83.6 Å². The minimum atomic E-state index is -0.0125. The first-order chi connectivity index (χ1) is 17.8. The van der Waals surface area contributed by atoms with Crippen LogP contribution in [0.4, 0.5) is 5.69 Å². The molecule has 192 valence electrons. The van der Waals surface area contributed by atoms with E-state index in [1.165, 1.54) is 11.1 Å². The first-order valence-electron chi connectivity index (χ1n) is 13.1. The van der Waals surface area contributed by atoms with Gasteiger partial charge in [0.1, 0.15) is 0 Å². The van der Waals surface area contributed by atoms with E-state index in [1.807, 2.05) is 42.5 Å². The molecule has 0 atom stereocenters. The van der Waals surface area contributed by atoms with E-state index in [4.69, 9.17) is 0 Å². The second kappa shape index (κ2) is 12.0. The van der Waals surface area contributed by atoms with E-state index < -0.39 is 0 Å². The second-order valence-electron chi connectivity index (χ2n) is 10.7. The van der Waals surface area contributed by atoms with Crippen molar-refractivity contribution in [2.75, 3.05) is 5.32 Å². The molecule has 1 aromatic heterocycles. The van der Waals surface area contributed by atoms with E-state index in [0.29, 0.717) is 30.0 Å². The molecule has 0 saturated carbocycles. The van der Waals surface area contributed by atoms with E-state index in [-0.39, 0.29) is 5.91 Å². The number of H-pyrrole nitrogens is 1. The van der Waals surface area contributed by atoms with Crippen molar-refractivity contribution in [1.82, 2.24) is 20.6 Å². The van der Waals surface area contributed by atoms with Crippen LogP contribution in [-0.4, -0.2) is 26.5 Å². The number of anilines is 1. The van der Waals surface area contributed by atoms with Gasteiger partial charge in [-0.25, -0.2) is 0 Å². The Morgan fingerprint density at radius 3 is 2.19 bits per heavy atom. The normalized spacial score (nSPS) is 11.5. The Kier molecular flexibility index (Phi) is 8.49. The number of amides is 1. The Labute approximate surface area is 219 Å². The molecule has 0 aliphatic carbocycles. The molecular weight excluding hydrogens is 458 g/mol. The molecule has 6 heteroatoms. The van der Waals surface area contributed by atoms with Gasteiger partial charge in [0.2, 0.25) is 11.7 Å². The summed E-state index contributed by atoms with van der Waals surface area (Å²) >= 11 is 0. The van der Waals surface area contributed by atoms with Gasteiger partial charge in [0.25, 0.3) is 0 Å². The Bertz CT molecular complexity index is 1300. The van der Waals surface area contributed by atoms with Gasteiger partial charge in [-0.05, 0) is 71.1 Å². The molecule has 1 heterocycles. The van der Waals surface area contributed by atoms with Crippen molar-refractivity contribution in [3.63, 3.8) is 0 Å². The van der Waals surface area contributed by atoms with Gasteiger partial charge in [-0.2, -0.15) is 5.21 Å². The third kappa shape index (κ3) is 6.91. The maximum Gasteiger partial charge on any atom is 0.228 e. The molecule has 0 radical (unpaired) electrons. The van der Waals surface area contributed by atoms with Crippen molar-refractivity contribution in [2.24, 2.45) is 11.8 Å². The number of rotatable bonds is 10. The highest BCUT2D eigenvalue weighted by Gasteiger charge is 2.21. The van der Waals surface area contributed by atoms with Crippen molar-refractivity contribution >= 4 is 11.6 Å². The highest BCUT2D eigenvalue weighted by Crippen LogP contribution is 2.38. The summed E-state index contributed by atoms with van der Waals surface area (Å²) < 4.78 is 0. The molecule has 4 aromatic rings. The summed E-state index contributed by atoms with van der Waals surface area (Å²) in [5.74, 6) is 2.00. The lowest BCUT2D eigenvalue weighted by atomic mass is 9.82. The average molecular weight is 496 g/mol. The van der Waals surface area contributed by atoms with Crippen molar-refractivity contribution in [2.45, 2.75) is 59.8 Å². The smallest absolute Gasteiger partial charge is 0.228 e. The van der Waals surface area contributed by atoms with Gasteiger partial charge < -0.3 is 5.32 Å². The first-order valence-corrected chi connectivity index (χ1v) is 13.1. The lowest BCUT2D eigenvalue weighted by Gasteiger charge is -2.25. The van der Waals surface area contributed by atoms with E-state index in [9.17, 15) is 4.79 Å². The van der Waals surface area contributed by atoms with Crippen LogP contribution in [0.5, 0.6) is 0 Å². The molecule has 0 aliphatic heterocycles. The standard InChI is InChI=1S/C31H37N5O/c1-20(2)16-25(17-21(3)4)27-15-14-24(26-8-6-7-9-28(26)31-33-35-36-34-31)19-29(27)32-30(37)18-23-12-10-22(5)11-13-23/h6-15,19-21,25H,16-18H2,1-5H3,(H,32,37)(H,33,34,35,36). The number of aromatic amines is 1. The van der Waals surface area contributed by atoms with Crippen molar-refractivity contribution in [3.8, 4) is 22.5 Å². The Hall–Kier alpha value is -3.80. The molecule has 0 spiro atoms. The van der Waals surface area contributed by atoms with Crippen LogP contribution in [0.2, 0.25) is 0 Å². The average Bonchev–Trinajstić information content (AvgIpc) is 3.39. The van der Waals surface area contributed by atoms with Crippen LogP contribution in [0.15, 0.2) is 66.7 Å². The lowest BCUT2D eigenvalue weighted by Crippen LogP contribution is -2.17. The second-order valence-corrected chi connectivity index (χ2v) is 10.7. The number of nitrogens with one attached hydrogen (secondary N) is 2. The number of hydrogen-bond acceptors (Lipinski definition) is 4. The molecule has 0 unspecified atom stereocenters. The fourth-order valence-electron chi connectivity index (χ4n) is 4.97. The van der Waals surface area contributed by atoms with Crippen LogP contribution in [-0.2, 0) is 11.2 Å². The van der Waals surface area contributed by atoms with Crippen LogP contribution in [0.1, 0.15) is 63.1 Å². The highest BCUT2D eigenvalue weighted by molar-refractivity contribution is 5.94. The molecule has 0 fully saturated rings. The zero-order valence-corrected chi connectivity index (χ0v) is 22.5. The van der Waals surface area contributed by atoms with Gasteiger partial charge in [-0.15, -0.1) is 10.2 Å². The summed E-state index contributed by atoms with van der Waals surface area (Å²) in [5.41, 5.74) is 7.15. The van der Waals surface area contributed by atoms with Gasteiger partial charge >= 0.3 is 0 Å². The maximum absolute atomic E-state index is 13.2. The van der Waals surface area contributed by atoms with Crippen molar-refractivity contribution < 1.29 is 4.79 Å². The molecule has 37 heavy (non-hydrogen) atoms. The number of aryl methyl sites for hydroxylation is 1. The molecule has 6 nitrogen and oxygen atoms in total. The van der Waals surface area contributed by atoms with Crippen molar-refractivity contribution in [3.05, 3.63) is 83.4 Å².